The molecule has 5 heteroatoms. The molecule has 0 amide bonds. The van der Waals surface area contributed by atoms with Crippen LogP contribution >= 0.6 is 0 Å². The summed E-state index contributed by atoms with van der Waals surface area (Å²) in [6, 6.07) is 0. The molecule has 1 atom stereocenters. The van der Waals surface area contributed by atoms with E-state index in [2.05, 4.69) is 0 Å². The number of rotatable bonds is 8. The second kappa shape index (κ2) is 7.55. The van der Waals surface area contributed by atoms with E-state index in [-0.39, 0.29) is 26.0 Å². The van der Waals surface area contributed by atoms with E-state index >= 15 is 0 Å². The summed E-state index contributed by atoms with van der Waals surface area (Å²) in [7, 11) is 3.10. The van der Waals surface area contributed by atoms with Crippen LogP contribution in [0.25, 0.3) is 0 Å². The fourth-order valence-corrected chi connectivity index (χ4v) is 1.88. The first-order chi connectivity index (χ1) is 9.06. The van der Waals surface area contributed by atoms with Crippen LogP contribution in [0.5, 0.6) is 0 Å². The molecule has 0 aromatic heterocycles. The zero-order valence-electron chi connectivity index (χ0n) is 12.0. The normalized spacial score (nSPS) is 23.3. The first-order valence-corrected chi connectivity index (χ1v) is 6.12. The van der Waals surface area contributed by atoms with Gasteiger partial charge in [0, 0.05) is 19.8 Å². The van der Waals surface area contributed by atoms with Crippen molar-refractivity contribution in [3.8, 4) is 0 Å². The Bertz CT molecular complexity index is 372. The molecule has 0 spiro atoms. The molecule has 1 aliphatic rings. The number of methoxy groups -OCH3 is 2. The summed E-state index contributed by atoms with van der Waals surface area (Å²) in [5.41, 5.74) is 0.953. The Balaban J connectivity index is 2.71. The first kappa shape index (κ1) is 16.0. The van der Waals surface area contributed by atoms with E-state index in [1.54, 1.807) is 20.3 Å². The van der Waals surface area contributed by atoms with Crippen molar-refractivity contribution in [1.82, 2.24) is 0 Å². The van der Waals surface area contributed by atoms with E-state index in [1.807, 2.05) is 19.9 Å². The van der Waals surface area contributed by atoms with Crippen molar-refractivity contribution in [2.45, 2.75) is 13.8 Å². The molecule has 19 heavy (non-hydrogen) atoms. The second-order valence-electron chi connectivity index (χ2n) is 4.71. The average molecular weight is 270 g/mol. The summed E-state index contributed by atoms with van der Waals surface area (Å²) in [6.45, 7) is 4.69. The molecule has 108 valence electrons. The first-order valence-electron chi connectivity index (χ1n) is 6.12. The number of Topliss-reactive ketones (excluding diaryl/α,β-unsaturated/α-hetero) is 1. The Hall–Kier alpha value is -1.01. The highest BCUT2D eigenvalue weighted by molar-refractivity contribution is 6.03. The maximum atomic E-state index is 12.5. The molecular formula is C14H22O5. The van der Waals surface area contributed by atoms with E-state index in [0.717, 1.165) is 5.57 Å². The number of hydrogen-bond acceptors (Lipinski definition) is 5. The largest absolute Gasteiger partial charge is 0.359 e. The fraction of sp³-hybridized carbons (Fsp3) is 0.643. The third kappa shape index (κ3) is 3.98. The summed E-state index contributed by atoms with van der Waals surface area (Å²) >= 11 is 0. The van der Waals surface area contributed by atoms with Gasteiger partial charge in [-0.2, -0.15) is 0 Å². The Morgan fingerprint density at radius 1 is 1.11 bits per heavy atom. The van der Waals surface area contributed by atoms with Crippen LogP contribution in [0, 0.1) is 5.41 Å². The average Bonchev–Trinajstić information content (AvgIpc) is 2.40. The number of carbonyl (C=O) groups is 1. The molecule has 1 rings (SSSR count). The molecule has 0 unspecified atom stereocenters. The summed E-state index contributed by atoms with van der Waals surface area (Å²) in [4.78, 5) is 12.5. The highest BCUT2D eigenvalue weighted by Crippen LogP contribution is 2.34. The number of carbonyl (C=O) groups excluding carboxylic acids is 1. The summed E-state index contributed by atoms with van der Waals surface area (Å²) < 4.78 is 20.3. The molecule has 0 saturated carbocycles. The minimum atomic E-state index is -0.654. The number of ether oxygens (including phenoxy) is 4. The van der Waals surface area contributed by atoms with E-state index in [0.29, 0.717) is 12.2 Å². The van der Waals surface area contributed by atoms with Gasteiger partial charge in [-0.05, 0) is 13.8 Å². The van der Waals surface area contributed by atoms with Crippen LogP contribution in [0.1, 0.15) is 13.8 Å². The van der Waals surface area contributed by atoms with E-state index < -0.39 is 5.41 Å². The Morgan fingerprint density at radius 2 is 1.74 bits per heavy atom. The van der Waals surface area contributed by atoms with Gasteiger partial charge in [0.15, 0.2) is 5.78 Å². The van der Waals surface area contributed by atoms with Crippen molar-refractivity contribution in [2.24, 2.45) is 5.41 Å². The molecule has 1 aliphatic carbocycles. The van der Waals surface area contributed by atoms with Crippen molar-refractivity contribution >= 4 is 5.78 Å². The molecule has 0 aliphatic heterocycles. The minimum Gasteiger partial charge on any atom is -0.359 e. The molecule has 0 N–H and O–H groups in total. The van der Waals surface area contributed by atoms with Gasteiger partial charge in [-0.3, -0.25) is 4.79 Å². The molecule has 0 fully saturated rings. The van der Waals surface area contributed by atoms with E-state index in [4.69, 9.17) is 18.9 Å². The van der Waals surface area contributed by atoms with E-state index in [1.165, 1.54) is 0 Å². The van der Waals surface area contributed by atoms with Gasteiger partial charge in [0.05, 0.1) is 18.6 Å². The Labute approximate surface area is 114 Å². The predicted octanol–water partition coefficient (Wildman–Crippen LogP) is 1.69. The monoisotopic (exact) mass is 270 g/mol. The third-order valence-electron chi connectivity index (χ3n) is 3.25. The van der Waals surface area contributed by atoms with Gasteiger partial charge < -0.3 is 18.9 Å². The van der Waals surface area contributed by atoms with Crippen LogP contribution in [0.4, 0.5) is 0 Å². The van der Waals surface area contributed by atoms with Crippen LogP contribution in [0.15, 0.2) is 23.3 Å². The summed E-state index contributed by atoms with van der Waals surface area (Å²) in [5, 5.41) is 0. The van der Waals surface area contributed by atoms with Gasteiger partial charge in [-0.25, -0.2) is 0 Å². The Morgan fingerprint density at radius 3 is 2.37 bits per heavy atom. The van der Waals surface area contributed by atoms with Crippen molar-refractivity contribution in [3.05, 3.63) is 23.3 Å². The lowest BCUT2D eigenvalue weighted by molar-refractivity contribution is -0.129. The lowest BCUT2D eigenvalue weighted by atomic mass is 9.74. The third-order valence-corrected chi connectivity index (χ3v) is 3.25. The van der Waals surface area contributed by atoms with Gasteiger partial charge in [0.25, 0.3) is 0 Å². The van der Waals surface area contributed by atoms with Gasteiger partial charge in [0.2, 0.25) is 0 Å². The van der Waals surface area contributed by atoms with Crippen LogP contribution in [0.3, 0.4) is 0 Å². The van der Waals surface area contributed by atoms with Gasteiger partial charge in [-0.1, -0.05) is 17.7 Å². The SMILES string of the molecule is COCOCC1=CC=C(C)[C@](C)(COCOC)C1=O. The Kier molecular flexibility index (Phi) is 6.37. The van der Waals surface area contributed by atoms with Crippen molar-refractivity contribution < 1.29 is 23.7 Å². The van der Waals surface area contributed by atoms with Crippen LogP contribution in [-0.2, 0) is 23.7 Å². The molecule has 0 radical (unpaired) electrons. The van der Waals surface area contributed by atoms with Crippen LogP contribution in [-0.4, -0.2) is 46.8 Å². The molecule has 0 aromatic rings. The molecule has 0 saturated heterocycles. The maximum Gasteiger partial charge on any atom is 0.173 e. The summed E-state index contributed by atoms with van der Waals surface area (Å²) in [5.74, 6) is 0.0275. The second-order valence-corrected chi connectivity index (χ2v) is 4.71. The molecule has 0 aromatic carbocycles. The van der Waals surface area contributed by atoms with Crippen molar-refractivity contribution in [3.63, 3.8) is 0 Å². The standard InChI is InChI=1S/C14H22O5/c1-11-5-6-12(7-18-9-16-3)13(15)14(11,2)8-19-10-17-4/h5-6H,7-10H2,1-4H3/t14-/m0/s1. The lowest BCUT2D eigenvalue weighted by Crippen LogP contribution is -2.38. The maximum absolute atomic E-state index is 12.5. The lowest BCUT2D eigenvalue weighted by Gasteiger charge is -2.32. The summed E-state index contributed by atoms with van der Waals surface area (Å²) in [6.07, 6.45) is 3.73. The predicted molar refractivity (Wildman–Crippen MR) is 70.6 cm³/mol. The zero-order valence-corrected chi connectivity index (χ0v) is 12.0. The highest BCUT2D eigenvalue weighted by Gasteiger charge is 2.38. The van der Waals surface area contributed by atoms with Gasteiger partial charge in [0.1, 0.15) is 13.6 Å². The smallest absolute Gasteiger partial charge is 0.173 e. The minimum absolute atomic E-state index is 0.0275. The van der Waals surface area contributed by atoms with Crippen molar-refractivity contribution in [1.29, 1.82) is 0 Å². The topological polar surface area (TPSA) is 54.0 Å². The van der Waals surface area contributed by atoms with Gasteiger partial charge in [-0.15, -0.1) is 0 Å². The van der Waals surface area contributed by atoms with E-state index in [9.17, 15) is 4.79 Å². The van der Waals surface area contributed by atoms with Crippen LogP contribution in [0.2, 0.25) is 0 Å². The molecular weight excluding hydrogens is 248 g/mol. The zero-order chi connectivity index (χ0) is 14.3. The molecule has 0 heterocycles. The van der Waals surface area contributed by atoms with Crippen LogP contribution < -0.4 is 0 Å². The number of hydrogen-bond donors (Lipinski definition) is 0. The van der Waals surface area contributed by atoms with Crippen molar-refractivity contribution in [2.75, 3.05) is 41.0 Å². The quantitative estimate of drug-likeness (QED) is 0.496. The molecule has 0 bridgehead atoms. The molecule has 5 nitrogen and oxygen atoms in total. The number of allylic oxidation sites excluding steroid dienone is 2. The fourth-order valence-electron chi connectivity index (χ4n) is 1.88. The van der Waals surface area contributed by atoms with Gasteiger partial charge >= 0.3 is 0 Å². The highest BCUT2D eigenvalue weighted by atomic mass is 16.7. The number of ketones is 1.